The van der Waals surface area contributed by atoms with E-state index in [1.54, 1.807) is 0 Å². The second kappa shape index (κ2) is 10.1. The van der Waals surface area contributed by atoms with Crippen LogP contribution in [0.1, 0.15) is 25.0 Å². The average molecular weight is 424 g/mol. The van der Waals surface area contributed by atoms with E-state index in [1.165, 1.54) is 27.0 Å². The maximum absolute atomic E-state index is 2.34. The second-order valence-corrected chi connectivity index (χ2v) is 12.3. The van der Waals surface area contributed by atoms with E-state index >= 15 is 0 Å². The van der Waals surface area contributed by atoms with Gasteiger partial charge in [0.05, 0.1) is 6.16 Å². The van der Waals surface area contributed by atoms with Gasteiger partial charge in [-0.05, 0) is 59.9 Å². The lowest BCUT2D eigenvalue weighted by Crippen LogP contribution is -2.34. The van der Waals surface area contributed by atoms with Crippen molar-refractivity contribution < 1.29 is 0 Å². The third-order valence-corrected chi connectivity index (χ3v) is 10.4. The lowest BCUT2D eigenvalue weighted by atomic mass is 10.0. The highest BCUT2D eigenvalue weighted by Gasteiger charge is 2.44. The Morgan fingerprint density at radius 1 is 0.516 bits per heavy atom. The average Bonchev–Trinajstić information content (AvgIpc) is 2.82. The molecule has 0 aliphatic rings. The molecule has 1 heteroatoms. The fourth-order valence-electron chi connectivity index (χ4n) is 4.49. The zero-order valence-corrected chi connectivity index (χ0v) is 19.5. The lowest BCUT2D eigenvalue weighted by Gasteiger charge is -2.27. The van der Waals surface area contributed by atoms with Crippen LogP contribution in [0.5, 0.6) is 0 Å². The van der Waals surface area contributed by atoms with Crippen LogP contribution in [0.2, 0.25) is 0 Å². The zero-order valence-electron chi connectivity index (χ0n) is 18.6. The fourth-order valence-corrected chi connectivity index (χ4v) is 8.80. The van der Waals surface area contributed by atoms with Crippen molar-refractivity contribution >= 4 is 23.2 Å². The fraction of sp³-hybridized carbons (Fsp3) is 0.200. The third-order valence-electron chi connectivity index (χ3n) is 5.99. The summed E-state index contributed by atoms with van der Waals surface area (Å²) in [5.74, 6) is 0.693. The molecule has 0 aliphatic heterocycles. The van der Waals surface area contributed by atoms with Crippen LogP contribution in [0.15, 0.2) is 115 Å². The minimum Gasteiger partial charge on any atom is -0.0625 e. The highest BCUT2D eigenvalue weighted by atomic mass is 31.2. The van der Waals surface area contributed by atoms with E-state index in [0.29, 0.717) is 5.92 Å². The smallest absolute Gasteiger partial charge is 0.0625 e. The van der Waals surface area contributed by atoms with E-state index < -0.39 is 7.26 Å². The molecule has 0 fully saturated rings. The Balaban J connectivity index is 1.75. The van der Waals surface area contributed by atoms with Crippen LogP contribution >= 0.6 is 7.26 Å². The molecule has 0 radical (unpaired) electrons. The van der Waals surface area contributed by atoms with Crippen LogP contribution < -0.4 is 15.9 Å². The van der Waals surface area contributed by atoms with Crippen LogP contribution in [0, 0.1) is 5.92 Å². The number of hydrogen-bond donors (Lipinski definition) is 0. The summed E-state index contributed by atoms with van der Waals surface area (Å²) in [6, 6.07) is 42.8. The van der Waals surface area contributed by atoms with Crippen molar-refractivity contribution in [3.05, 3.63) is 126 Å². The molecule has 0 atom stereocenters. The summed E-state index contributed by atoms with van der Waals surface area (Å²) in [6.07, 6.45) is 3.36. The number of aryl methyl sites for hydroxylation is 1. The van der Waals surface area contributed by atoms with E-state index in [2.05, 4.69) is 129 Å². The van der Waals surface area contributed by atoms with E-state index in [-0.39, 0.29) is 0 Å². The summed E-state index contributed by atoms with van der Waals surface area (Å²) >= 11 is 0. The summed E-state index contributed by atoms with van der Waals surface area (Å²) in [5, 5.41) is 4.39. The van der Waals surface area contributed by atoms with Crippen LogP contribution in [0.25, 0.3) is 0 Å². The summed E-state index contributed by atoms with van der Waals surface area (Å²) < 4.78 is 0. The molecule has 0 nitrogen and oxygen atoms in total. The Morgan fingerprint density at radius 2 is 0.903 bits per heavy atom. The number of rotatable bonds is 8. The molecule has 0 saturated heterocycles. The molecule has 0 unspecified atom stereocenters. The quantitative estimate of drug-likeness (QED) is 0.287. The van der Waals surface area contributed by atoms with Crippen molar-refractivity contribution in [1.29, 1.82) is 0 Å². The third kappa shape index (κ3) is 4.97. The van der Waals surface area contributed by atoms with Crippen molar-refractivity contribution in [3.8, 4) is 0 Å². The first kappa shape index (κ1) is 21.5. The molecule has 4 rings (SSSR count). The van der Waals surface area contributed by atoms with Gasteiger partial charge in [-0.25, -0.2) is 0 Å². The van der Waals surface area contributed by atoms with Crippen molar-refractivity contribution in [1.82, 2.24) is 0 Å². The standard InChI is InChI=1S/C30H32P/c1-25(2)24-27-20-18-26(19-21-27)22-23-31(28-12-6-3-7-13-28,29-14-8-4-9-15-29)30-16-10-5-11-17-30/h3-21,25H,22-24H2,1-2H3/q+1. The van der Waals surface area contributed by atoms with Crippen molar-refractivity contribution in [2.24, 2.45) is 5.92 Å². The lowest BCUT2D eigenvalue weighted by molar-refractivity contribution is 0.647. The molecule has 0 aromatic heterocycles. The molecule has 0 N–H and O–H groups in total. The van der Waals surface area contributed by atoms with E-state index in [4.69, 9.17) is 0 Å². The Labute approximate surface area is 188 Å². The Hall–Kier alpha value is -2.69. The van der Waals surface area contributed by atoms with Gasteiger partial charge in [0.25, 0.3) is 0 Å². The maximum atomic E-state index is 2.34. The highest BCUT2D eigenvalue weighted by Crippen LogP contribution is 2.55. The van der Waals surface area contributed by atoms with Gasteiger partial charge in [0.15, 0.2) is 0 Å². The molecule has 0 amide bonds. The van der Waals surface area contributed by atoms with Gasteiger partial charge in [-0.2, -0.15) is 0 Å². The Morgan fingerprint density at radius 3 is 1.29 bits per heavy atom. The molecule has 4 aromatic rings. The van der Waals surface area contributed by atoms with Gasteiger partial charge in [-0.15, -0.1) is 0 Å². The first-order chi connectivity index (χ1) is 15.2. The largest absolute Gasteiger partial charge is 0.112 e. The molecule has 0 heterocycles. The Kier molecular flexibility index (Phi) is 7.00. The van der Waals surface area contributed by atoms with Gasteiger partial charge in [0.1, 0.15) is 23.2 Å². The molecular weight excluding hydrogens is 391 g/mol. The second-order valence-electron chi connectivity index (χ2n) is 8.70. The summed E-state index contributed by atoms with van der Waals surface area (Å²) in [4.78, 5) is 0. The van der Waals surface area contributed by atoms with Gasteiger partial charge < -0.3 is 0 Å². The van der Waals surface area contributed by atoms with Crippen molar-refractivity contribution in [3.63, 3.8) is 0 Å². The summed E-state index contributed by atoms with van der Waals surface area (Å²) in [7, 11) is -1.75. The molecule has 0 spiro atoms. The van der Waals surface area contributed by atoms with Crippen molar-refractivity contribution in [2.45, 2.75) is 26.7 Å². The van der Waals surface area contributed by atoms with Crippen LogP contribution in [0.3, 0.4) is 0 Å². The van der Waals surface area contributed by atoms with Crippen LogP contribution in [-0.2, 0) is 12.8 Å². The molecule has 156 valence electrons. The topological polar surface area (TPSA) is 0 Å². The number of benzene rings is 4. The predicted octanol–water partition coefficient (Wildman–Crippen LogP) is 6.42. The first-order valence-electron chi connectivity index (χ1n) is 11.3. The SMILES string of the molecule is CC(C)Cc1ccc(CC[P+](c2ccccc2)(c2ccccc2)c2ccccc2)cc1. The maximum Gasteiger partial charge on any atom is 0.112 e. The molecule has 0 bridgehead atoms. The minimum absolute atomic E-state index is 0.693. The van der Waals surface area contributed by atoms with Crippen LogP contribution in [0.4, 0.5) is 0 Å². The van der Waals surface area contributed by atoms with E-state index in [1.807, 2.05) is 0 Å². The number of hydrogen-bond acceptors (Lipinski definition) is 0. The van der Waals surface area contributed by atoms with E-state index in [0.717, 1.165) is 19.0 Å². The van der Waals surface area contributed by atoms with Crippen molar-refractivity contribution in [2.75, 3.05) is 6.16 Å². The predicted molar refractivity (Wildman–Crippen MR) is 139 cm³/mol. The normalized spacial score (nSPS) is 11.6. The van der Waals surface area contributed by atoms with Gasteiger partial charge in [-0.1, -0.05) is 92.7 Å². The summed E-state index contributed by atoms with van der Waals surface area (Å²) in [6.45, 7) is 4.57. The highest BCUT2D eigenvalue weighted by molar-refractivity contribution is 7.95. The Bertz CT molecular complexity index is 955. The zero-order chi connectivity index (χ0) is 21.5. The molecule has 0 saturated carbocycles. The first-order valence-corrected chi connectivity index (χ1v) is 13.3. The van der Waals surface area contributed by atoms with E-state index in [9.17, 15) is 0 Å². The minimum atomic E-state index is -1.75. The molecular formula is C30H32P+. The van der Waals surface area contributed by atoms with Gasteiger partial charge >= 0.3 is 0 Å². The van der Waals surface area contributed by atoms with Gasteiger partial charge in [0.2, 0.25) is 0 Å². The molecule has 4 aromatic carbocycles. The molecule has 31 heavy (non-hydrogen) atoms. The monoisotopic (exact) mass is 423 g/mol. The summed E-state index contributed by atoms with van der Waals surface area (Å²) in [5.41, 5.74) is 2.87. The molecule has 0 aliphatic carbocycles. The van der Waals surface area contributed by atoms with Gasteiger partial charge in [0, 0.05) is 6.42 Å². The van der Waals surface area contributed by atoms with Crippen LogP contribution in [-0.4, -0.2) is 6.16 Å². The van der Waals surface area contributed by atoms with Gasteiger partial charge in [-0.3, -0.25) is 0 Å².